The molecule has 1 unspecified atom stereocenters. The summed E-state index contributed by atoms with van der Waals surface area (Å²) in [6.07, 6.45) is 5.24. The van der Waals surface area contributed by atoms with Crippen molar-refractivity contribution in [1.29, 1.82) is 0 Å². The highest BCUT2D eigenvalue weighted by molar-refractivity contribution is 5.40. The van der Waals surface area contributed by atoms with Gasteiger partial charge in [-0.05, 0) is 52.8 Å². The molecule has 1 aromatic rings. The molecule has 118 valence electrons. The van der Waals surface area contributed by atoms with Gasteiger partial charge in [-0.15, -0.1) is 0 Å². The van der Waals surface area contributed by atoms with Crippen molar-refractivity contribution in [3.8, 4) is 5.75 Å². The quantitative estimate of drug-likeness (QED) is 0.919. The molecule has 2 N–H and O–H groups in total. The minimum absolute atomic E-state index is 0.0505. The molecule has 1 heterocycles. The van der Waals surface area contributed by atoms with E-state index in [1.807, 2.05) is 6.07 Å². The lowest BCUT2D eigenvalue weighted by atomic mass is 9.86. The Labute approximate surface area is 129 Å². The highest BCUT2D eigenvalue weighted by Gasteiger charge is 2.35. The number of benzene rings is 1. The Kier molecular flexibility index (Phi) is 5.28. The summed E-state index contributed by atoms with van der Waals surface area (Å²) in [6, 6.07) is 6.23. The normalized spacial score (nSPS) is 19.1. The van der Waals surface area contributed by atoms with Crippen molar-refractivity contribution in [2.24, 2.45) is 5.73 Å². The monoisotopic (exact) mass is 290 g/mol. The summed E-state index contributed by atoms with van der Waals surface area (Å²) >= 11 is 0. The summed E-state index contributed by atoms with van der Waals surface area (Å²) in [7, 11) is 1.72. The van der Waals surface area contributed by atoms with Crippen LogP contribution in [0.2, 0.25) is 0 Å². The number of ether oxygens (including phenoxy) is 1. The lowest BCUT2D eigenvalue weighted by molar-refractivity contribution is 0.0970. The molecule has 1 aliphatic heterocycles. The molecular weight excluding hydrogens is 260 g/mol. The molecule has 2 rings (SSSR count). The molecule has 3 nitrogen and oxygen atoms in total. The van der Waals surface area contributed by atoms with E-state index >= 15 is 0 Å². The van der Waals surface area contributed by atoms with Gasteiger partial charge in [0.15, 0.2) is 0 Å². The third-order valence-corrected chi connectivity index (χ3v) is 4.90. The molecule has 3 heteroatoms. The Hall–Kier alpha value is -1.06. The summed E-state index contributed by atoms with van der Waals surface area (Å²) < 4.78 is 5.53. The summed E-state index contributed by atoms with van der Waals surface area (Å²) in [5.74, 6) is 0.899. The average Bonchev–Trinajstić information content (AvgIpc) is 2.76. The predicted molar refractivity (Wildman–Crippen MR) is 88.8 cm³/mol. The first-order valence-corrected chi connectivity index (χ1v) is 8.12. The van der Waals surface area contributed by atoms with Crippen LogP contribution >= 0.6 is 0 Å². The smallest absolute Gasteiger partial charge is 0.123 e. The van der Waals surface area contributed by atoms with Crippen molar-refractivity contribution < 1.29 is 4.74 Å². The lowest BCUT2D eigenvalue weighted by Gasteiger charge is -2.43. The van der Waals surface area contributed by atoms with Crippen LogP contribution < -0.4 is 10.5 Å². The van der Waals surface area contributed by atoms with Crippen LogP contribution in [0.15, 0.2) is 18.2 Å². The van der Waals surface area contributed by atoms with Gasteiger partial charge in [-0.3, -0.25) is 4.90 Å². The Bertz CT molecular complexity index is 462. The minimum atomic E-state index is -0.0641. The van der Waals surface area contributed by atoms with Crippen molar-refractivity contribution in [3.05, 3.63) is 29.3 Å². The lowest BCUT2D eigenvalue weighted by Crippen LogP contribution is -2.51. The van der Waals surface area contributed by atoms with Gasteiger partial charge >= 0.3 is 0 Å². The van der Waals surface area contributed by atoms with E-state index in [9.17, 15) is 0 Å². The Morgan fingerprint density at radius 1 is 1.14 bits per heavy atom. The van der Waals surface area contributed by atoms with Crippen LogP contribution in [-0.4, -0.2) is 30.6 Å². The Morgan fingerprint density at radius 3 is 2.33 bits per heavy atom. The van der Waals surface area contributed by atoms with Gasteiger partial charge in [-0.25, -0.2) is 0 Å². The topological polar surface area (TPSA) is 38.5 Å². The molecule has 21 heavy (non-hydrogen) atoms. The number of hydrogen-bond donors (Lipinski definition) is 1. The van der Waals surface area contributed by atoms with Crippen molar-refractivity contribution >= 4 is 0 Å². The number of likely N-dealkylation sites (tertiary alicyclic amines) is 1. The Morgan fingerprint density at radius 2 is 1.76 bits per heavy atom. The first-order chi connectivity index (χ1) is 9.96. The second kappa shape index (κ2) is 6.80. The molecule has 0 aliphatic carbocycles. The first kappa shape index (κ1) is 16.3. The number of nitrogens with zero attached hydrogens (tertiary/aromatic N) is 1. The SMILES string of the molecule is COc1ccc(C)cc1C(N)C(C)(C)N1CCCCCC1. The van der Waals surface area contributed by atoms with Gasteiger partial charge in [0.25, 0.3) is 0 Å². The summed E-state index contributed by atoms with van der Waals surface area (Å²) in [6.45, 7) is 8.94. The summed E-state index contributed by atoms with van der Waals surface area (Å²) in [5.41, 5.74) is 8.96. The van der Waals surface area contributed by atoms with Gasteiger partial charge in [0.05, 0.1) is 13.2 Å². The predicted octanol–water partition coefficient (Wildman–Crippen LogP) is 3.66. The number of aryl methyl sites for hydroxylation is 1. The van der Waals surface area contributed by atoms with E-state index in [0.29, 0.717) is 0 Å². The maximum atomic E-state index is 6.68. The van der Waals surface area contributed by atoms with E-state index in [4.69, 9.17) is 10.5 Å². The standard InChI is InChI=1S/C18H30N2O/c1-14-9-10-16(21-4)15(13-14)17(19)18(2,3)20-11-7-5-6-8-12-20/h9-10,13,17H,5-8,11-12,19H2,1-4H3. The molecule has 1 saturated heterocycles. The fraction of sp³-hybridized carbons (Fsp3) is 0.667. The molecule has 1 aliphatic rings. The number of hydrogen-bond acceptors (Lipinski definition) is 3. The van der Waals surface area contributed by atoms with Crippen LogP contribution in [0, 0.1) is 6.92 Å². The molecule has 0 bridgehead atoms. The van der Waals surface area contributed by atoms with E-state index in [1.165, 1.54) is 31.2 Å². The highest BCUT2D eigenvalue weighted by atomic mass is 16.5. The van der Waals surface area contributed by atoms with Gasteiger partial charge in [-0.1, -0.05) is 30.5 Å². The molecule has 1 atom stereocenters. The van der Waals surface area contributed by atoms with Crippen molar-refractivity contribution in [1.82, 2.24) is 4.90 Å². The molecule has 0 aromatic heterocycles. The van der Waals surface area contributed by atoms with Crippen molar-refractivity contribution in [2.75, 3.05) is 20.2 Å². The third-order valence-electron chi connectivity index (χ3n) is 4.90. The number of rotatable bonds is 4. The number of methoxy groups -OCH3 is 1. The van der Waals surface area contributed by atoms with Crippen LogP contribution in [0.4, 0.5) is 0 Å². The summed E-state index contributed by atoms with van der Waals surface area (Å²) in [5, 5.41) is 0. The fourth-order valence-electron chi connectivity index (χ4n) is 3.32. The van der Waals surface area contributed by atoms with E-state index in [2.05, 4.69) is 37.8 Å². The zero-order valence-electron chi connectivity index (χ0n) is 14.0. The molecule has 0 spiro atoms. The molecule has 0 amide bonds. The van der Waals surface area contributed by atoms with Crippen LogP contribution in [0.25, 0.3) is 0 Å². The van der Waals surface area contributed by atoms with E-state index in [1.54, 1.807) is 7.11 Å². The average molecular weight is 290 g/mol. The van der Waals surface area contributed by atoms with Crippen LogP contribution in [0.3, 0.4) is 0 Å². The summed E-state index contributed by atoms with van der Waals surface area (Å²) in [4.78, 5) is 2.56. The Balaban J connectivity index is 2.28. The zero-order chi connectivity index (χ0) is 15.5. The molecular formula is C18H30N2O. The van der Waals surface area contributed by atoms with Crippen LogP contribution in [0.5, 0.6) is 5.75 Å². The maximum Gasteiger partial charge on any atom is 0.123 e. The molecule has 0 saturated carbocycles. The zero-order valence-corrected chi connectivity index (χ0v) is 14.0. The fourth-order valence-corrected chi connectivity index (χ4v) is 3.32. The number of nitrogens with two attached hydrogens (primary N) is 1. The molecule has 1 aromatic carbocycles. The second-order valence-corrected chi connectivity index (χ2v) is 6.78. The molecule has 0 radical (unpaired) electrons. The molecule has 1 fully saturated rings. The van der Waals surface area contributed by atoms with Gasteiger partial charge in [0, 0.05) is 11.1 Å². The van der Waals surface area contributed by atoms with Crippen LogP contribution in [0.1, 0.15) is 56.7 Å². The van der Waals surface area contributed by atoms with Crippen molar-refractivity contribution in [2.45, 2.75) is 58.0 Å². The van der Waals surface area contributed by atoms with Crippen LogP contribution in [-0.2, 0) is 0 Å². The van der Waals surface area contributed by atoms with Gasteiger partial charge < -0.3 is 10.5 Å². The second-order valence-electron chi connectivity index (χ2n) is 6.78. The van der Waals surface area contributed by atoms with Crippen molar-refractivity contribution in [3.63, 3.8) is 0 Å². The minimum Gasteiger partial charge on any atom is -0.496 e. The highest BCUT2D eigenvalue weighted by Crippen LogP contribution is 2.35. The van der Waals surface area contributed by atoms with Gasteiger partial charge in [-0.2, -0.15) is 0 Å². The third kappa shape index (κ3) is 3.58. The van der Waals surface area contributed by atoms with E-state index in [0.717, 1.165) is 24.4 Å². The van der Waals surface area contributed by atoms with E-state index in [-0.39, 0.29) is 11.6 Å². The van der Waals surface area contributed by atoms with Gasteiger partial charge in [0.2, 0.25) is 0 Å². The van der Waals surface area contributed by atoms with E-state index < -0.39 is 0 Å². The van der Waals surface area contributed by atoms with Gasteiger partial charge in [0.1, 0.15) is 5.75 Å². The largest absolute Gasteiger partial charge is 0.496 e. The first-order valence-electron chi connectivity index (χ1n) is 8.12. The maximum absolute atomic E-state index is 6.68.